The molecule has 1 amide bonds. The summed E-state index contributed by atoms with van der Waals surface area (Å²) >= 11 is 0. The molecule has 6 nitrogen and oxygen atoms in total. The van der Waals surface area contributed by atoms with Gasteiger partial charge in [0.05, 0.1) is 18.3 Å². The lowest BCUT2D eigenvalue weighted by Gasteiger charge is -2.63. The van der Waals surface area contributed by atoms with Crippen molar-refractivity contribution in [3.63, 3.8) is 0 Å². The van der Waals surface area contributed by atoms with Gasteiger partial charge in [0.1, 0.15) is 0 Å². The van der Waals surface area contributed by atoms with Gasteiger partial charge in [-0.05, 0) is 97.7 Å². The molecule has 0 bridgehead atoms. The topological polar surface area (TPSA) is 116 Å². The van der Waals surface area contributed by atoms with Crippen LogP contribution in [0.15, 0.2) is 0 Å². The van der Waals surface area contributed by atoms with Gasteiger partial charge >= 0.3 is 0 Å². The van der Waals surface area contributed by atoms with Crippen molar-refractivity contribution in [2.75, 3.05) is 0 Å². The van der Waals surface area contributed by atoms with Gasteiger partial charge in [-0.2, -0.15) is 0 Å². The van der Waals surface area contributed by atoms with E-state index in [0.29, 0.717) is 36.0 Å². The fourth-order valence-electron chi connectivity index (χ4n) is 8.76. The molecule has 4 aliphatic rings. The van der Waals surface area contributed by atoms with Gasteiger partial charge in [0.2, 0.25) is 5.91 Å². The van der Waals surface area contributed by atoms with Crippen molar-refractivity contribution in [3.05, 3.63) is 0 Å². The van der Waals surface area contributed by atoms with Crippen LogP contribution in [0.5, 0.6) is 0 Å². The molecule has 0 heterocycles. The maximum Gasteiger partial charge on any atom is 0.233 e. The molecule has 0 radical (unpaired) electrons. The number of amides is 1. The highest BCUT2D eigenvalue weighted by Gasteiger charge is 2.65. The first-order valence-electron chi connectivity index (χ1n) is 12.2. The summed E-state index contributed by atoms with van der Waals surface area (Å²) in [5, 5.41) is 33.1. The van der Waals surface area contributed by atoms with Crippen LogP contribution in [0.25, 0.3) is 0 Å². The van der Waals surface area contributed by atoms with E-state index < -0.39 is 0 Å². The molecule has 172 valence electrons. The second-order valence-electron chi connectivity index (χ2n) is 11.6. The normalized spacial score (nSPS) is 51.4. The van der Waals surface area contributed by atoms with Gasteiger partial charge in [-0.1, -0.05) is 20.8 Å². The molecule has 0 saturated heterocycles. The van der Waals surface area contributed by atoms with Crippen molar-refractivity contribution in [2.24, 2.45) is 52.2 Å². The molecule has 4 rings (SSSR count). The zero-order valence-electron chi connectivity index (χ0n) is 18.9. The Morgan fingerprint density at radius 1 is 1.10 bits per heavy atom. The zero-order valence-corrected chi connectivity index (χ0v) is 18.9. The van der Waals surface area contributed by atoms with Crippen molar-refractivity contribution < 1.29 is 20.1 Å². The third-order valence-electron chi connectivity index (χ3n) is 10.5. The molecular formula is C24H42N2O4. The number of aliphatic hydroxyl groups excluding tert-OH is 3. The lowest BCUT2D eigenvalue weighted by Crippen LogP contribution is -2.62. The van der Waals surface area contributed by atoms with Crippen LogP contribution in [0.1, 0.15) is 78.6 Å². The first-order valence-corrected chi connectivity index (χ1v) is 12.2. The monoisotopic (exact) mass is 422 g/mol. The number of carbonyl (C=O) groups excluding carboxylic acids is 1. The fourth-order valence-corrected chi connectivity index (χ4v) is 8.76. The summed E-state index contributed by atoms with van der Waals surface area (Å²) in [4.78, 5) is 11.6. The Balaban J connectivity index is 1.58. The number of fused-ring (bicyclic) bond motifs is 5. The predicted molar refractivity (Wildman–Crippen MR) is 115 cm³/mol. The lowest BCUT2D eigenvalue weighted by molar-refractivity contribution is -0.207. The summed E-state index contributed by atoms with van der Waals surface area (Å²) in [7, 11) is 0. The van der Waals surface area contributed by atoms with E-state index in [4.69, 9.17) is 5.84 Å². The summed E-state index contributed by atoms with van der Waals surface area (Å²) in [6.45, 7) is 6.82. The van der Waals surface area contributed by atoms with Gasteiger partial charge in [0, 0.05) is 6.42 Å². The number of rotatable bonds is 4. The van der Waals surface area contributed by atoms with E-state index in [1.807, 2.05) is 0 Å². The van der Waals surface area contributed by atoms with E-state index in [9.17, 15) is 20.1 Å². The maximum absolute atomic E-state index is 11.6. The standard InChI is InChI=1S/C24H42N2O4/c1-13(4-7-21(30)26-25)16-5-6-17-22-18(12-20(29)24(16,17)3)23(2)9-8-15(27)10-14(23)11-19(22)28/h13-20,22,27-29H,4-12,25H2,1-3H3,(H,26,30)/t13-,14-,15+,16+,17-,18-,19+,20-,22-,23-,24+/m0/s1. The number of hydrogen-bond acceptors (Lipinski definition) is 5. The van der Waals surface area contributed by atoms with Crippen molar-refractivity contribution in [2.45, 2.75) is 96.9 Å². The number of hydrogen-bond donors (Lipinski definition) is 5. The largest absolute Gasteiger partial charge is 0.393 e. The third kappa shape index (κ3) is 3.33. The Morgan fingerprint density at radius 3 is 2.53 bits per heavy atom. The van der Waals surface area contributed by atoms with Gasteiger partial charge in [0.15, 0.2) is 0 Å². The van der Waals surface area contributed by atoms with Gasteiger partial charge < -0.3 is 15.3 Å². The minimum absolute atomic E-state index is 0.106. The quantitative estimate of drug-likeness (QED) is 0.271. The Hall–Kier alpha value is -0.690. The van der Waals surface area contributed by atoms with Crippen molar-refractivity contribution in [1.82, 2.24) is 5.43 Å². The zero-order chi connectivity index (χ0) is 21.8. The number of nitrogens with two attached hydrogens (primary N) is 1. The number of aliphatic hydroxyl groups is 3. The second-order valence-corrected chi connectivity index (χ2v) is 11.6. The summed E-state index contributed by atoms with van der Waals surface area (Å²) in [6, 6.07) is 0. The van der Waals surface area contributed by atoms with Crippen molar-refractivity contribution in [1.29, 1.82) is 0 Å². The van der Waals surface area contributed by atoms with Crippen molar-refractivity contribution in [3.8, 4) is 0 Å². The highest BCUT2D eigenvalue weighted by atomic mass is 16.3. The van der Waals surface area contributed by atoms with E-state index in [1.54, 1.807) is 0 Å². The number of carbonyl (C=O) groups is 1. The third-order valence-corrected chi connectivity index (χ3v) is 10.5. The van der Waals surface area contributed by atoms with Crippen LogP contribution in [0, 0.1) is 46.3 Å². The molecule has 4 saturated carbocycles. The lowest BCUT2D eigenvalue weighted by atomic mass is 9.43. The summed E-state index contributed by atoms with van der Waals surface area (Å²) in [5.41, 5.74) is 2.12. The number of hydrazine groups is 1. The number of nitrogens with one attached hydrogen (secondary N) is 1. The molecule has 6 N–H and O–H groups in total. The van der Waals surface area contributed by atoms with Gasteiger partial charge in [-0.25, -0.2) is 5.84 Å². The second kappa shape index (κ2) is 8.02. The van der Waals surface area contributed by atoms with Gasteiger partial charge in [-0.15, -0.1) is 0 Å². The van der Waals surface area contributed by atoms with E-state index in [2.05, 4.69) is 26.2 Å². The average Bonchev–Trinajstić information content (AvgIpc) is 3.06. The Morgan fingerprint density at radius 2 is 1.83 bits per heavy atom. The summed E-state index contributed by atoms with van der Waals surface area (Å²) in [5.74, 6) is 7.03. The van der Waals surface area contributed by atoms with E-state index in [1.165, 1.54) is 0 Å². The molecule has 0 aromatic carbocycles. The van der Waals surface area contributed by atoms with Crippen LogP contribution in [0.2, 0.25) is 0 Å². The van der Waals surface area contributed by atoms with Crippen LogP contribution in [0.4, 0.5) is 0 Å². The summed E-state index contributed by atoms with van der Waals surface area (Å²) < 4.78 is 0. The van der Waals surface area contributed by atoms with E-state index in [-0.39, 0.29) is 41.0 Å². The molecule has 11 atom stereocenters. The van der Waals surface area contributed by atoms with E-state index >= 15 is 0 Å². The Labute approximate surface area is 181 Å². The minimum Gasteiger partial charge on any atom is -0.393 e. The smallest absolute Gasteiger partial charge is 0.233 e. The van der Waals surface area contributed by atoms with E-state index in [0.717, 1.165) is 51.4 Å². The first-order chi connectivity index (χ1) is 14.1. The Bertz CT molecular complexity index is 659. The fraction of sp³-hybridized carbons (Fsp3) is 0.958. The van der Waals surface area contributed by atoms with Crippen LogP contribution < -0.4 is 11.3 Å². The van der Waals surface area contributed by atoms with Crippen LogP contribution in [-0.2, 0) is 4.79 Å². The minimum atomic E-state index is -0.378. The maximum atomic E-state index is 11.6. The average molecular weight is 423 g/mol. The molecule has 6 heteroatoms. The molecule has 0 aliphatic heterocycles. The molecule has 30 heavy (non-hydrogen) atoms. The highest BCUT2D eigenvalue weighted by Crippen LogP contribution is 2.68. The molecule has 0 aromatic heterocycles. The molecule has 4 fully saturated rings. The molecule has 4 aliphatic carbocycles. The molecule has 0 aromatic rings. The highest BCUT2D eigenvalue weighted by molar-refractivity contribution is 5.75. The first kappa shape index (κ1) is 22.5. The molecular weight excluding hydrogens is 380 g/mol. The molecule has 0 spiro atoms. The molecule has 0 unspecified atom stereocenters. The van der Waals surface area contributed by atoms with Crippen LogP contribution in [-0.4, -0.2) is 39.5 Å². The van der Waals surface area contributed by atoms with Gasteiger partial charge in [0.25, 0.3) is 0 Å². The van der Waals surface area contributed by atoms with Crippen molar-refractivity contribution >= 4 is 5.91 Å². The SMILES string of the molecule is C[C@@H](CCC(=O)NN)[C@H]1CC[C@H]2[C@@H]3[C@H](O)C[C@@H]4C[C@H](O)CC[C@]4(C)[C@H]3C[C@H](O)[C@]12C. The predicted octanol–water partition coefficient (Wildman–Crippen LogP) is 2.35. The van der Waals surface area contributed by atoms with Crippen LogP contribution in [0.3, 0.4) is 0 Å². The summed E-state index contributed by atoms with van der Waals surface area (Å²) in [6.07, 6.45) is 6.50. The van der Waals surface area contributed by atoms with Crippen LogP contribution >= 0.6 is 0 Å². The van der Waals surface area contributed by atoms with Gasteiger partial charge in [-0.3, -0.25) is 10.2 Å². The Kier molecular flexibility index (Phi) is 6.02.